The first-order valence-electron chi connectivity index (χ1n) is 6.28. The minimum absolute atomic E-state index is 0.870. The lowest BCUT2D eigenvalue weighted by Crippen LogP contribution is -2.65. The second kappa shape index (κ2) is 6.23. The molecule has 0 aliphatic heterocycles. The van der Waals surface area contributed by atoms with Gasteiger partial charge in [-0.15, -0.1) is 0 Å². The van der Waals surface area contributed by atoms with Crippen molar-refractivity contribution in [2.75, 3.05) is 0 Å². The fourth-order valence-electron chi connectivity index (χ4n) is 1.22. The molecule has 0 bridgehead atoms. The highest BCUT2D eigenvalue weighted by Gasteiger charge is 2.54. The van der Waals surface area contributed by atoms with E-state index in [1.54, 1.807) is 41.5 Å². The van der Waals surface area contributed by atoms with Gasteiger partial charge in [-0.05, 0) is 41.5 Å². The van der Waals surface area contributed by atoms with E-state index >= 15 is 0 Å². The minimum Gasteiger partial charge on any atom is -0.479 e. The van der Waals surface area contributed by atoms with Gasteiger partial charge in [0.15, 0.2) is 0 Å². The number of carboxylic acid groups (broad SMARTS) is 1. The van der Waals surface area contributed by atoms with Crippen molar-refractivity contribution in [3.63, 3.8) is 0 Å². The highest BCUT2D eigenvalue weighted by atomic mass is 32.1. The summed E-state index contributed by atoms with van der Waals surface area (Å²) in [6.07, 6.45) is 0. The number of carboxylic acids is 1. The maximum Gasteiger partial charge on any atom is 0.340 e. The summed E-state index contributed by atoms with van der Waals surface area (Å²) < 4.78 is 9.97. The number of thiol groups is 1. The van der Waals surface area contributed by atoms with Crippen LogP contribution in [-0.4, -0.2) is 45.0 Å². The number of rotatable bonds is 4. The number of aliphatic carboxylic acids is 1. The first-order valence-corrected chi connectivity index (χ1v) is 6.79. The molecule has 0 spiro atoms. The van der Waals surface area contributed by atoms with Crippen LogP contribution in [0.2, 0.25) is 0 Å². The summed E-state index contributed by atoms with van der Waals surface area (Å²) in [5.41, 5.74) is 1.13. The molecule has 0 aromatic carbocycles. The summed E-state index contributed by atoms with van der Waals surface area (Å²) in [5.74, 6) is -3.99. The molecular formula is C13H23NO6S. The fourth-order valence-corrected chi connectivity index (χ4v) is 1.49. The monoisotopic (exact) mass is 321 g/mol. The Labute approximate surface area is 129 Å². The van der Waals surface area contributed by atoms with Crippen molar-refractivity contribution in [2.24, 2.45) is 5.73 Å². The number of ether oxygens (including phenoxy) is 2. The molecule has 0 aliphatic carbocycles. The zero-order valence-electron chi connectivity index (χ0n) is 13.1. The molecular weight excluding hydrogens is 298 g/mol. The minimum atomic E-state index is -2.64. The smallest absolute Gasteiger partial charge is 0.340 e. The topological polar surface area (TPSA) is 116 Å². The van der Waals surface area contributed by atoms with Gasteiger partial charge in [-0.2, -0.15) is 12.6 Å². The molecule has 0 fully saturated rings. The molecule has 0 saturated heterocycles. The van der Waals surface area contributed by atoms with E-state index in [-0.39, 0.29) is 0 Å². The van der Waals surface area contributed by atoms with Crippen LogP contribution < -0.4 is 5.73 Å². The summed E-state index contributed by atoms with van der Waals surface area (Å²) in [6, 6.07) is 0. The van der Waals surface area contributed by atoms with Crippen molar-refractivity contribution in [2.45, 2.75) is 63.5 Å². The Bertz CT molecular complexity index is 437. The van der Waals surface area contributed by atoms with Crippen LogP contribution in [0.1, 0.15) is 41.5 Å². The first kappa shape index (κ1) is 19.7. The third-order valence-corrected chi connectivity index (χ3v) is 2.77. The zero-order chi connectivity index (χ0) is 17.2. The van der Waals surface area contributed by atoms with Crippen LogP contribution in [0.4, 0.5) is 0 Å². The second-order valence-electron chi connectivity index (χ2n) is 6.61. The molecule has 0 aromatic rings. The van der Waals surface area contributed by atoms with Crippen molar-refractivity contribution >= 4 is 30.5 Å². The quantitative estimate of drug-likeness (QED) is 0.397. The number of carbonyl (C=O) groups is 3. The van der Waals surface area contributed by atoms with Crippen LogP contribution in [0.25, 0.3) is 0 Å². The van der Waals surface area contributed by atoms with Gasteiger partial charge in [-0.3, -0.25) is 4.79 Å². The van der Waals surface area contributed by atoms with Gasteiger partial charge in [0.25, 0.3) is 0 Å². The Hall–Kier alpha value is -1.28. The molecule has 0 amide bonds. The lowest BCUT2D eigenvalue weighted by atomic mass is 9.95. The Morgan fingerprint density at radius 2 is 1.38 bits per heavy atom. The Morgan fingerprint density at radius 1 is 1.00 bits per heavy atom. The van der Waals surface area contributed by atoms with Crippen LogP contribution in [0.15, 0.2) is 0 Å². The normalized spacial score (nSPS) is 16.6. The summed E-state index contributed by atoms with van der Waals surface area (Å²) >= 11 is 3.86. The van der Waals surface area contributed by atoms with E-state index in [2.05, 4.69) is 12.6 Å². The molecule has 0 heterocycles. The van der Waals surface area contributed by atoms with Crippen molar-refractivity contribution in [3.8, 4) is 0 Å². The van der Waals surface area contributed by atoms with Crippen molar-refractivity contribution in [1.29, 1.82) is 0 Å². The van der Waals surface area contributed by atoms with Gasteiger partial charge >= 0.3 is 17.9 Å². The Kier molecular flexibility index (Phi) is 5.85. The molecule has 3 N–H and O–H groups in total. The summed E-state index contributed by atoms with van der Waals surface area (Å²) in [4.78, 5) is 35.4. The van der Waals surface area contributed by atoms with E-state index in [4.69, 9.17) is 15.2 Å². The molecule has 21 heavy (non-hydrogen) atoms. The van der Waals surface area contributed by atoms with Gasteiger partial charge in [0.2, 0.25) is 5.54 Å². The number of esters is 2. The largest absolute Gasteiger partial charge is 0.479 e. The summed E-state index contributed by atoms with van der Waals surface area (Å²) in [7, 11) is 0. The molecule has 0 saturated carbocycles. The second-order valence-corrected chi connectivity index (χ2v) is 7.13. The lowest BCUT2D eigenvalue weighted by molar-refractivity contribution is -0.174. The van der Waals surface area contributed by atoms with E-state index < -0.39 is 39.9 Å². The van der Waals surface area contributed by atoms with E-state index in [1.165, 1.54) is 0 Å². The third-order valence-electron chi connectivity index (χ3n) is 2.15. The number of hydrogen-bond acceptors (Lipinski definition) is 7. The van der Waals surface area contributed by atoms with Crippen LogP contribution >= 0.6 is 12.6 Å². The van der Waals surface area contributed by atoms with Crippen LogP contribution in [0, 0.1) is 0 Å². The molecule has 0 aromatic heterocycles. The first-order chi connectivity index (χ1) is 9.11. The molecule has 0 rings (SSSR count). The SMILES string of the molecule is CC(C)(C)OC(=O)C(S)[C@](N)(C(=O)O)C(=O)OC(C)(C)C. The lowest BCUT2D eigenvalue weighted by Gasteiger charge is -2.32. The molecule has 1 unspecified atom stereocenters. The average molecular weight is 321 g/mol. The predicted molar refractivity (Wildman–Crippen MR) is 79.0 cm³/mol. The molecule has 2 atom stereocenters. The van der Waals surface area contributed by atoms with Gasteiger partial charge in [-0.25, -0.2) is 9.59 Å². The van der Waals surface area contributed by atoms with Gasteiger partial charge < -0.3 is 20.3 Å². The predicted octanol–water partition coefficient (Wildman–Crippen LogP) is 0.750. The fraction of sp³-hybridized carbons (Fsp3) is 0.769. The average Bonchev–Trinajstić information content (AvgIpc) is 2.21. The Morgan fingerprint density at radius 3 is 1.67 bits per heavy atom. The molecule has 7 nitrogen and oxygen atoms in total. The number of nitrogens with two attached hydrogens (primary N) is 1. The van der Waals surface area contributed by atoms with Gasteiger partial charge in [0.1, 0.15) is 16.5 Å². The standard InChI is InChI=1S/C13H23NO6S/c1-11(2,3)19-8(15)7(21)13(14,9(16)17)10(18)20-12(4,5)6/h7,21H,14H2,1-6H3,(H,16,17)/t7?,13-/m0/s1. The highest BCUT2D eigenvalue weighted by Crippen LogP contribution is 2.23. The molecule has 0 radical (unpaired) electrons. The number of carbonyl (C=O) groups excluding carboxylic acids is 2. The van der Waals surface area contributed by atoms with E-state index in [0.29, 0.717) is 0 Å². The van der Waals surface area contributed by atoms with Crippen molar-refractivity contribution < 1.29 is 29.0 Å². The van der Waals surface area contributed by atoms with E-state index in [1.807, 2.05) is 0 Å². The maximum absolute atomic E-state index is 12.0. The van der Waals surface area contributed by atoms with Gasteiger partial charge in [0.05, 0.1) is 0 Å². The number of hydrogen-bond donors (Lipinski definition) is 3. The maximum atomic E-state index is 12.0. The summed E-state index contributed by atoms with van der Waals surface area (Å²) in [5, 5.41) is 7.53. The molecule has 122 valence electrons. The van der Waals surface area contributed by atoms with E-state index in [0.717, 1.165) is 0 Å². The van der Waals surface area contributed by atoms with Gasteiger partial charge in [0, 0.05) is 0 Å². The molecule has 8 heteroatoms. The van der Waals surface area contributed by atoms with Crippen LogP contribution in [-0.2, 0) is 23.9 Å². The van der Waals surface area contributed by atoms with Crippen LogP contribution in [0.5, 0.6) is 0 Å². The van der Waals surface area contributed by atoms with Crippen molar-refractivity contribution in [1.82, 2.24) is 0 Å². The highest BCUT2D eigenvalue weighted by molar-refractivity contribution is 7.82. The molecule has 0 aliphatic rings. The van der Waals surface area contributed by atoms with Gasteiger partial charge in [-0.1, -0.05) is 0 Å². The Balaban J connectivity index is 5.43. The third kappa shape index (κ3) is 5.55. The summed E-state index contributed by atoms with van der Waals surface area (Å²) in [6.45, 7) is 9.43. The zero-order valence-corrected chi connectivity index (χ0v) is 14.0. The van der Waals surface area contributed by atoms with E-state index in [9.17, 15) is 19.5 Å². The van der Waals surface area contributed by atoms with Crippen molar-refractivity contribution in [3.05, 3.63) is 0 Å². The van der Waals surface area contributed by atoms with Crippen LogP contribution in [0.3, 0.4) is 0 Å².